The van der Waals surface area contributed by atoms with Gasteiger partial charge >= 0.3 is 0 Å². The zero-order chi connectivity index (χ0) is 10.7. The van der Waals surface area contributed by atoms with E-state index in [1.54, 1.807) is 7.11 Å². The van der Waals surface area contributed by atoms with E-state index in [1.807, 2.05) is 24.3 Å². The number of carbonyl (C=O) groups excluding carboxylic acids is 1. The van der Waals surface area contributed by atoms with E-state index < -0.39 is 0 Å². The molecule has 1 fully saturated rings. The maximum absolute atomic E-state index is 11.3. The third-order valence-corrected chi connectivity index (χ3v) is 2.60. The summed E-state index contributed by atoms with van der Waals surface area (Å²) in [6, 6.07) is 7.67. The van der Waals surface area contributed by atoms with Crippen molar-refractivity contribution in [2.45, 2.75) is 18.9 Å². The molecule has 0 radical (unpaired) electrons. The van der Waals surface area contributed by atoms with Crippen LogP contribution in [0.2, 0.25) is 0 Å². The molecule has 3 nitrogen and oxygen atoms in total. The molecule has 0 saturated carbocycles. The van der Waals surface area contributed by atoms with Crippen molar-refractivity contribution >= 4 is 5.78 Å². The van der Waals surface area contributed by atoms with Gasteiger partial charge in [0.2, 0.25) is 0 Å². The van der Waals surface area contributed by atoms with E-state index >= 15 is 0 Å². The number of ether oxygens (including phenoxy) is 2. The Labute approximate surface area is 89.0 Å². The molecule has 0 N–H and O–H groups in total. The van der Waals surface area contributed by atoms with Gasteiger partial charge in [0.05, 0.1) is 19.8 Å². The normalized spacial score (nSPS) is 21.4. The number of methoxy groups -OCH3 is 1. The summed E-state index contributed by atoms with van der Waals surface area (Å²) >= 11 is 0. The fraction of sp³-hybridized carbons (Fsp3) is 0.417. The van der Waals surface area contributed by atoms with Crippen LogP contribution in [0.25, 0.3) is 0 Å². The van der Waals surface area contributed by atoms with Crippen LogP contribution in [0.3, 0.4) is 0 Å². The van der Waals surface area contributed by atoms with E-state index in [4.69, 9.17) is 9.47 Å². The second-order valence-corrected chi connectivity index (χ2v) is 3.59. The molecule has 2 rings (SSSR count). The number of ketones is 1. The first kappa shape index (κ1) is 10.2. The minimum absolute atomic E-state index is 0.137. The molecule has 1 unspecified atom stereocenters. The average Bonchev–Trinajstić information content (AvgIpc) is 2.29. The predicted molar refractivity (Wildman–Crippen MR) is 55.9 cm³/mol. The highest BCUT2D eigenvalue weighted by molar-refractivity contribution is 5.79. The first-order valence-corrected chi connectivity index (χ1v) is 5.07. The first-order chi connectivity index (χ1) is 7.31. The molecule has 80 valence electrons. The van der Waals surface area contributed by atoms with Crippen molar-refractivity contribution in [2.75, 3.05) is 13.7 Å². The average molecular weight is 206 g/mol. The Kier molecular flexibility index (Phi) is 3.02. The molecule has 3 heteroatoms. The molecule has 0 aliphatic carbocycles. The van der Waals surface area contributed by atoms with Crippen LogP contribution in [0.1, 0.15) is 24.5 Å². The maximum atomic E-state index is 11.3. The fourth-order valence-electron chi connectivity index (χ4n) is 1.81. The Bertz CT molecular complexity index is 360. The Balaban J connectivity index is 2.24. The van der Waals surface area contributed by atoms with Crippen LogP contribution in [0, 0.1) is 0 Å². The summed E-state index contributed by atoms with van der Waals surface area (Å²) in [5.74, 6) is 1.05. The van der Waals surface area contributed by atoms with Gasteiger partial charge in [0.1, 0.15) is 11.5 Å². The summed E-state index contributed by atoms with van der Waals surface area (Å²) in [6.07, 6.45) is 0.855. The van der Waals surface area contributed by atoms with Crippen LogP contribution in [0.15, 0.2) is 24.3 Å². The highest BCUT2D eigenvalue weighted by atomic mass is 16.5. The zero-order valence-electron chi connectivity index (χ0n) is 8.73. The van der Waals surface area contributed by atoms with Gasteiger partial charge in [-0.05, 0) is 6.07 Å². The highest BCUT2D eigenvalue weighted by Gasteiger charge is 2.23. The van der Waals surface area contributed by atoms with Crippen LogP contribution >= 0.6 is 0 Å². The van der Waals surface area contributed by atoms with Gasteiger partial charge in [0, 0.05) is 18.4 Å². The Hall–Kier alpha value is -1.35. The van der Waals surface area contributed by atoms with Crippen molar-refractivity contribution < 1.29 is 14.3 Å². The summed E-state index contributed by atoms with van der Waals surface area (Å²) in [5.41, 5.74) is 0.966. The molecular formula is C12H14O3. The monoisotopic (exact) mass is 206 g/mol. The number of rotatable bonds is 2. The summed E-state index contributed by atoms with van der Waals surface area (Å²) in [6.45, 7) is 0.515. The molecule has 0 spiro atoms. The van der Waals surface area contributed by atoms with Gasteiger partial charge in [-0.2, -0.15) is 0 Å². The minimum atomic E-state index is -0.137. The molecule has 1 aliphatic heterocycles. The number of carbonyl (C=O) groups is 1. The van der Waals surface area contributed by atoms with Crippen molar-refractivity contribution in [3.8, 4) is 5.75 Å². The second-order valence-electron chi connectivity index (χ2n) is 3.59. The van der Waals surface area contributed by atoms with Crippen molar-refractivity contribution in [1.82, 2.24) is 0 Å². The Morgan fingerprint density at radius 3 is 2.93 bits per heavy atom. The summed E-state index contributed by atoms with van der Waals surface area (Å²) in [5, 5.41) is 0. The van der Waals surface area contributed by atoms with E-state index in [0.29, 0.717) is 19.4 Å². The fourth-order valence-corrected chi connectivity index (χ4v) is 1.81. The van der Waals surface area contributed by atoms with Gasteiger partial charge in [-0.15, -0.1) is 0 Å². The van der Waals surface area contributed by atoms with Gasteiger partial charge < -0.3 is 9.47 Å². The topological polar surface area (TPSA) is 35.5 Å². The molecule has 0 amide bonds. The lowest BCUT2D eigenvalue weighted by molar-refractivity contribution is -0.128. The molecule has 15 heavy (non-hydrogen) atoms. The van der Waals surface area contributed by atoms with Crippen molar-refractivity contribution in [1.29, 1.82) is 0 Å². The molecule has 1 saturated heterocycles. The summed E-state index contributed by atoms with van der Waals surface area (Å²) in [4.78, 5) is 11.3. The van der Waals surface area contributed by atoms with E-state index in [0.717, 1.165) is 11.3 Å². The predicted octanol–water partition coefficient (Wildman–Crippen LogP) is 2.12. The molecule has 1 aliphatic rings. The van der Waals surface area contributed by atoms with Gasteiger partial charge in [-0.3, -0.25) is 4.79 Å². The zero-order valence-corrected chi connectivity index (χ0v) is 8.73. The lowest BCUT2D eigenvalue weighted by Crippen LogP contribution is -2.19. The lowest BCUT2D eigenvalue weighted by Gasteiger charge is -2.23. The van der Waals surface area contributed by atoms with Crippen LogP contribution in [-0.4, -0.2) is 19.5 Å². The quantitative estimate of drug-likeness (QED) is 0.743. The van der Waals surface area contributed by atoms with Crippen molar-refractivity contribution in [3.63, 3.8) is 0 Å². The Morgan fingerprint density at radius 2 is 2.20 bits per heavy atom. The minimum Gasteiger partial charge on any atom is -0.496 e. The van der Waals surface area contributed by atoms with E-state index in [9.17, 15) is 4.79 Å². The number of hydrogen-bond donors (Lipinski definition) is 0. The number of benzene rings is 1. The van der Waals surface area contributed by atoms with E-state index in [1.165, 1.54) is 0 Å². The van der Waals surface area contributed by atoms with Gasteiger partial charge in [0.25, 0.3) is 0 Å². The first-order valence-electron chi connectivity index (χ1n) is 5.07. The smallest absolute Gasteiger partial charge is 0.138 e. The molecular weight excluding hydrogens is 192 g/mol. The van der Waals surface area contributed by atoms with Crippen LogP contribution < -0.4 is 4.74 Å². The van der Waals surface area contributed by atoms with Gasteiger partial charge in [-0.25, -0.2) is 0 Å². The van der Waals surface area contributed by atoms with Crippen LogP contribution in [-0.2, 0) is 9.53 Å². The maximum Gasteiger partial charge on any atom is 0.138 e. The summed E-state index contributed by atoms with van der Waals surface area (Å²) < 4.78 is 10.8. The standard InChI is InChI=1S/C12H14O3/c1-14-11-5-3-2-4-10(11)12-8-9(13)6-7-15-12/h2-5,12H,6-8H2,1H3. The third-order valence-electron chi connectivity index (χ3n) is 2.60. The second kappa shape index (κ2) is 4.45. The number of hydrogen-bond acceptors (Lipinski definition) is 3. The third kappa shape index (κ3) is 2.18. The molecule has 1 aromatic rings. The molecule has 1 atom stereocenters. The van der Waals surface area contributed by atoms with Crippen LogP contribution in [0.4, 0.5) is 0 Å². The summed E-state index contributed by atoms with van der Waals surface area (Å²) in [7, 11) is 1.63. The molecule has 0 bridgehead atoms. The van der Waals surface area contributed by atoms with E-state index in [-0.39, 0.29) is 11.9 Å². The van der Waals surface area contributed by atoms with E-state index in [2.05, 4.69) is 0 Å². The highest BCUT2D eigenvalue weighted by Crippen LogP contribution is 2.32. The molecule has 1 aromatic carbocycles. The largest absolute Gasteiger partial charge is 0.496 e. The SMILES string of the molecule is COc1ccccc1C1CC(=O)CCO1. The molecule has 0 aromatic heterocycles. The number of para-hydroxylation sites is 1. The molecule has 1 heterocycles. The lowest BCUT2D eigenvalue weighted by atomic mass is 10.00. The van der Waals surface area contributed by atoms with Crippen LogP contribution in [0.5, 0.6) is 5.75 Å². The Morgan fingerprint density at radius 1 is 1.40 bits per heavy atom. The van der Waals surface area contributed by atoms with Crippen molar-refractivity contribution in [2.24, 2.45) is 0 Å². The van der Waals surface area contributed by atoms with Gasteiger partial charge in [-0.1, -0.05) is 18.2 Å². The van der Waals surface area contributed by atoms with Gasteiger partial charge in [0.15, 0.2) is 0 Å². The number of Topliss-reactive ketones (excluding diaryl/α,β-unsaturated/α-hetero) is 1. The van der Waals surface area contributed by atoms with Crippen molar-refractivity contribution in [3.05, 3.63) is 29.8 Å².